The number of amides is 2. The molecule has 31 heavy (non-hydrogen) atoms. The second-order valence-electron chi connectivity index (χ2n) is 7.42. The Labute approximate surface area is 186 Å². The topological polar surface area (TPSA) is 70.5 Å². The molecule has 0 aliphatic carbocycles. The van der Waals surface area contributed by atoms with Crippen molar-refractivity contribution in [1.29, 1.82) is 0 Å². The third kappa shape index (κ3) is 5.92. The lowest BCUT2D eigenvalue weighted by Gasteiger charge is -2.20. The van der Waals surface area contributed by atoms with Gasteiger partial charge >= 0.3 is 0 Å². The highest BCUT2D eigenvalue weighted by molar-refractivity contribution is 6.31. The average Bonchev–Trinajstić information content (AvgIpc) is 2.89. The van der Waals surface area contributed by atoms with Crippen molar-refractivity contribution in [2.24, 2.45) is 0 Å². The van der Waals surface area contributed by atoms with Crippen molar-refractivity contribution in [2.45, 2.75) is 20.3 Å². The van der Waals surface area contributed by atoms with Crippen LogP contribution in [0.3, 0.4) is 0 Å². The zero-order chi connectivity index (χ0) is 22.4. The molecule has 1 aromatic carbocycles. The van der Waals surface area contributed by atoms with Crippen molar-refractivity contribution in [2.75, 3.05) is 39.3 Å². The highest BCUT2D eigenvalue weighted by Crippen LogP contribution is 2.25. The molecule has 1 N–H and O–H groups in total. The molecule has 1 aliphatic rings. The number of aromatic nitrogens is 2. The molecule has 2 aromatic rings. The van der Waals surface area contributed by atoms with Crippen LogP contribution in [0.5, 0.6) is 0 Å². The molecule has 1 aromatic heterocycles. The van der Waals surface area contributed by atoms with E-state index in [4.69, 9.17) is 11.6 Å². The van der Waals surface area contributed by atoms with Crippen LogP contribution < -0.4 is 5.32 Å². The summed E-state index contributed by atoms with van der Waals surface area (Å²) < 4.78 is 14.7. The molecule has 2 heterocycles. The summed E-state index contributed by atoms with van der Waals surface area (Å²) in [4.78, 5) is 28.4. The van der Waals surface area contributed by atoms with Gasteiger partial charge in [0.1, 0.15) is 11.0 Å². The number of benzene rings is 1. The molecular weight excluding hydrogens is 421 g/mol. The van der Waals surface area contributed by atoms with Crippen molar-refractivity contribution in [3.05, 3.63) is 52.6 Å². The van der Waals surface area contributed by atoms with Gasteiger partial charge in [-0.25, -0.2) is 9.07 Å². The van der Waals surface area contributed by atoms with E-state index in [1.807, 2.05) is 6.92 Å². The van der Waals surface area contributed by atoms with E-state index in [2.05, 4.69) is 15.3 Å². The molecule has 0 unspecified atom stereocenters. The third-order valence-corrected chi connectivity index (χ3v) is 5.52. The lowest BCUT2D eigenvalue weighted by atomic mass is 10.2. The summed E-state index contributed by atoms with van der Waals surface area (Å²) in [5.74, 6) is -0.438. The molecule has 3 rings (SSSR count). The Morgan fingerprint density at radius 3 is 2.65 bits per heavy atom. The summed E-state index contributed by atoms with van der Waals surface area (Å²) in [6.07, 6.45) is 3.98. The largest absolute Gasteiger partial charge is 0.355 e. The van der Waals surface area contributed by atoms with Crippen LogP contribution in [0.15, 0.2) is 30.3 Å². The fraction of sp³-hybridized carbons (Fsp3) is 0.409. The van der Waals surface area contributed by atoms with Crippen molar-refractivity contribution < 1.29 is 14.0 Å². The fourth-order valence-corrected chi connectivity index (χ4v) is 3.85. The number of hydrogen-bond acceptors (Lipinski definition) is 4. The summed E-state index contributed by atoms with van der Waals surface area (Å²) in [5, 5.41) is 7.57. The van der Waals surface area contributed by atoms with Crippen LogP contribution in [0, 0.1) is 12.7 Å². The van der Waals surface area contributed by atoms with Crippen molar-refractivity contribution >= 4 is 29.5 Å². The first-order valence-electron chi connectivity index (χ1n) is 10.4. The van der Waals surface area contributed by atoms with Gasteiger partial charge in [-0.3, -0.25) is 14.5 Å². The molecule has 1 aliphatic heterocycles. The predicted octanol–water partition coefficient (Wildman–Crippen LogP) is 2.66. The van der Waals surface area contributed by atoms with Gasteiger partial charge in [-0.05, 0) is 50.6 Å². The Bertz CT molecular complexity index is 958. The van der Waals surface area contributed by atoms with E-state index in [0.717, 1.165) is 13.0 Å². The molecule has 0 radical (unpaired) electrons. The van der Waals surface area contributed by atoms with E-state index in [1.54, 1.807) is 30.0 Å². The van der Waals surface area contributed by atoms with Gasteiger partial charge in [-0.1, -0.05) is 11.6 Å². The van der Waals surface area contributed by atoms with Gasteiger partial charge in [0.2, 0.25) is 11.8 Å². The number of carbonyl (C=O) groups excluding carboxylic acids is 2. The molecular formula is C22H27ClFN5O2. The van der Waals surface area contributed by atoms with E-state index in [-0.39, 0.29) is 17.6 Å². The monoisotopic (exact) mass is 447 g/mol. The number of nitrogens with zero attached hydrogens (tertiary/aromatic N) is 4. The second-order valence-corrected chi connectivity index (χ2v) is 7.78. The molecule has 0 bridgehead atoms. The molecule has 1 fully saturated rings. The Balaban J connectivity index is 1.65. The van der Waals surface area contributed by atoms with Crippen LogP contribution >= 0.6 is 11.6 Å². The smallest absolute Gasteiger partial charge is 0.246 e. The quantitative estimate of drug-likeness (QED) is 0.691. The lowest BCUT2D eigenvalue weighted by molar-refractivity contribution is -0.125. The van der Waals surface area contributed by atoms with E-state index in [9.17, 15) is 14.0 Å². The van der Waals surface area contributed by atoms with Crippen molar-refractivity contribution in [1.82, 2.24) is 24.9 Å². The zero-order valence-corrected chi connectivity index (χ0v) is 18.5. The Kier molecular flexibility index (Phi) is 7.81. The van der Waals surface area contributed by atoms with Crippen LogP contribution in [0.25, 0.3) is 11.8 Å². The number of nitrogens with one attached hydrogen (secondary N) is 1. The first kappa shape index (κ1) is 23.0. The highest BCUT2D eigenvalue weighted by Gasteiger charge is 2.20. The van der Waals surface area contributed by atoms with Crippen LogP contribution in [-0.2, 0) is 9.59 Å². The van der Waals surface area contributed by atoms with Crippen LogP contribution in [0.4, 0.5) is 4.39 Å². The van der Waals surface area contributed by atoms with Crippen molar-refractivity contribution in [3.8, 4) is 5.69 Å². The predicted molar refractivity (Wildman–Crippen MR) is 119 cm³/mol. The number of halogens is 2. The number of rotatable bonds is 6. The fourth-order valence-electron chi connectivity index (χ4n) is 3.52. The first-order chi connectivity index (χ1) is 14.9. The second kappa shape index (κ2) is 10.5. The number of hydrogen-bond donors (Lipinski definition) is 1. The maximum Gasteiger partial charge on any atom is 0.246 e. The zero-order valence-electron chi connectivity index (χ0n) is 17.8. The molecule has 0 spiro atoms. The Hall–Kier alpha value is -2.71. The molecule has 0 atom stereocenters. The highest BCUT2D eigenvalue weighted by atomic mass is 35.5. The van der Waals surface area contributed by atoms with Gasteiger partial charge in [-0.2, -0.15) is 5.10 Å². The maximum atomic E-state index is 13.2. The summed E-state index contributed by atoms with van der Waals surface area (Å²) in [6.45, 7) is 7.29. The number of aryl methyl sites for hydroxylation is 1. The average molecular weight is 448 g/mol. The molecule has 2 amide bonds. The minimum Gasteiger partial charge on any atom is -0.355 e. The molecule has 166 valence electrons. The summed E-state index contributed by atoms with van der Waals surface area (Å²) >= 11 is 6.48. The Morgan fingerprint density at radius 1 is 1.19 bits per heavy atom. The third-order valence-electron chi connectivity index (χ3n) is 5.15. The molecule has 7 nitrogen and oxygen atoms in total. The van der Waals surface area contributed by atoms with E-state index < -0.39 is 0 Å². The first-order valence-corrected chi connectivity index (χ1v) is 10.7. The van der Waals surface area contributed by atoms with Gasteiger partial charge in [0.05, 0.1) is 17.9 Å². The van der Waals surface area contributed by atoms with Gasteiger partial charge in [-0.15, -0.1) is 0 Å². The molecule has 0 saturated carbocycles. The minimum atomic E-state index is -0.337. The normalized spacial score (nSPS) is 15.3. The number of likely N-dealkylation sites (N-methyl/N-ethyl adjacent to an activating group) is 1. The van der Waals surface area contributed by atoms with E-state index in [0.29, 0.717) is 54.8 Å². The molecule has 1 saturated heterocycles. The van der Waals surface area contributed by atoms with Crippen molar-refractivity contribution in [3.63, 3.8) is 0 Å². The summed E-state index contributed by atoms with van der Waals surface area (Å²) in [6, 6.07) is 5.87. The summed E-state index contributed by atoms with van der Waals surface area (Å²) in [7, 11) is 0. The van der Waals surface area contributed by atoms with Gasteiger partial charge < -0.3 is 10.2 Å². The summed E-state index contributed by atoms with van der Waals surface area (Å²) in [5.41, 5.74) is 1.95. The van der Waals surface area contributed by atoms with Gasteiger partial charge in [0, 0.05) is 44.4 Å². The van der Waals surface area contributed by atoms with E-state index >= 15 is 0 Å². The van der Waals surface area contributed by atoms with Crippen LogP contribution in [0.2, 0.25) is 5.15 Å². The van der Waals surface area contributed by atoms with E-state index in [1.165, 1.54) is 22.9 Å². The molecule has 9 heteroatoms. The van der Waals surface area contributed by atoms with Gasteiger partial charge in [0.15, 0.2) is 0 Å². The van der Waals surface area contributed by atoms with Crippen LogP contribution in [0.1, 0.15) is 24.6 Å². The van der Waals surface area contributed by atoms with Crippen LogP contribution in [-0.4, -0.2) is 70.7 Å². The standard InChI is InChI=1S/C22H27ClFN5O2/c1-3-25-20(30)15-27-11-4-12-28(14-13-27)21(31)10-9-19-16(2)26-29(22(19)23)18-7-5-17(24)6-8-18/h5-10H,3-4,11-15H2,1-2H3,(H,25,30)/b10-9+. The SMILES string of the molecule is CCNC(=O)CN1CCCN(C(=O)/C=C/c2c(C)nn(-c3ccc(F)cc3)c2Cl)CC1. The Morgan fingerprint density at radius 2 is 1.94 bits per heavy atom. The minimum absolute atomic E-state index is 0.00505. The number of carbonyl (C=O) groups is 2. The lowest BCUT2D eigenvalue weighted by Crippen LogP contribution is -2.39. The van der Waals surface area contributed by atoms with Gasteiger partial charge in [0.25, 0.3) is 0 Å². The maximum absolute atomic E-state index is 13.2.